The van der Waals surface area contributed by atoms with Crippen LogP contribution in [0.4, 0.5) is 0 Å². The van der Waals surface area contributed by atoms with Gasteiger partial charge in [-0.05, 0) is 64.2 Å². The molecule has 65 heavy (non-hydrogen) atoms. The normalized spacial score (nSPS) is 12.6. The fraction of sp³-hybridized carbons (Fsp3) is 0.746. The van der Waals surface area contributed by atoms with Gasteiger partial charge in [-0.25, -0.2) is 0 Å². The zero-order chi connectivity index (χ0) is 47.2. The molecule has 0 rings (SSSR count). The molecule has 1 atom stereocenters. The van der Waals surface area contributed by atoms with E-state index >= 15 is 0 Å². The molecular formula is C59H102O6. The SMILES string of the molecule is CC\C=C/C=C\C=C/C=C\C=C/CCCCCC(=O)OC(COC(=O)CCCCC/C=C\CCCCCCCCC)COC(=O)CCCCCCCCCCCCCCCCCCCC. The Bertz CT molecular complexity index is 1230. The molecule has 0 spiro atoms. The van der Waals surface area contributed by atoms with Crippen LogP contribution >= 0.6 is 0 Å². The topological polar surface area (TPSA) is 78.9 Å². The second-order valence-electron chi connectivity index (χ2n) is 18.2. The molecule has 0 saturated heterocycles. The van der Waals surface area contributed by atoms with E-state index in [0.29, 0.717) is 19.3 Å². The number of carbonyl (C=O) groups is 3. The van der Waals surface area contributed by atoms with Gasteiger partial charge in [0.15, 0.2) is 6.10 Å². The first kappa shape index (κ1) is 61.9. The highest BCUT2D eigenvalue weighted by molar-refractivity contribution is 5.71. The molecule has 0 aliphatic heterocycles. The van der Waals surface area contributed by atoms with Crippen molar-refractivity contribution < 1.29 is 28.6 Å². The molecule has 6 nitrogen and oxygen atoms in total. The number of ether oxygens (including phenoxy) is 3. The summed E-state index contributed by atoms with van der Waals surface area (Å²) in [6, 6.07) is 0. The molecule has 0 bridgehead atoms. The van der Waals surface area contributed by atoms with E-state index in [9.17, 15) is 14.4 Å². The van der Waals surface area contributed by atoms with Crippen molar-refractivity contribution in [1.29, 1.82) is 0 Å². The van der Waals surface area contributed by atoms with Gasteiger partial charge in [0.2, 0.25) is 0 Å². The van der Waals surface area contributed by atoms with Crippen LogP contribution in [0.15, 0.2) is 72.9 Å². The van der Waals surface area contributed by atoms with Crippen LogP contribution < -0.4 is 0 Å². The Morgan fingerprint density at radius 1 is 0.323 bits per heavy atom. The van der Waals surface area contributed by atoms with E-state index in [4.69, 9.17) is 14.2 Å². The minimum atomic E-state index is -0.802. The first-order valence-corrected chi connectivity index (χ1v) is 27.5. The van der Waals surface area contributed by atoms with Gasteiger partial charge in [0, 0.05) is 19.3 Å². The third-order valence-corrected chi connectivity index (χ3v) is 11.8. The van der Waals surface area contributed by atoms with Crippen LogP contribution in [-0.4, -0.2) is 37.2 Å². The Kier molecular flexibility index (Phi) is 50.9. The number of unbranched alkanes of at least 4 members (excludes halogenated alkanes) is 30. The molecular weight excluding hydrogens is 805 g/mol. The second kappa shape index (κ2) is 53.5. The molecule has 0 aliphatic carbocycles. The highest BCUT2D eigenvalue weighted by atomic mass is 16.6. The van der Waals surface area contributed by atoms with Crippen molar-refractivity contribution in [2.24, 2.45) is 0 Å². The van der Waals surface area contributed by atoms with E-state index in [1.807, 2.05) is 48.6 Å². The summed E-state index contributed by atoms with van der Waals surface area (Å²) in [6.45, 7) is 6.46. The first-order valence-electron chi connectivity index (χ1n) is 27.5. The summed E-state index contributed by atoms with van der Waals surface area (Å²) in [5.74, 6) is -0.947. The van der Waals surface area contributed by atoms with Crippen LogP contribution in [0.2, 0.25) is 0 Å². The largest absolute Gasteiger partial charge is 0.462 e. The van der Waals surface area contributed by atoms with Gasteiger partial charge in [0.25, 0.3) is 0 Å². The van der Waals surface area contributed by atoms with Gasteiger partial charge in [0.1, 0.15) is 13.2 Å². The van der Waals surface area contributed by atoms with E-state index in [1.54, 1.807) is 0 Å². The maximum absolute atomic E-state index is 12.8. The van der Waals surface area contributed by atoms with Crippen LogP contribution in [-0.2, 0) is 28.6 Å². The molecule has 0 aliphatic rings. The molecule has 0 aromatic carbocycles. The molecule has 0 aromatic rings. The van der Waals surface area contributed by atoms with Gasteiger partial charge in [0.05, 0.1) is 0 Å². The predicted octanol–water partition coefficient (Wildman–Crippen LogP) is 18.2. The van der Waals surface area contributed by atoms with Gasteiger partial charge in [-0.1, -0.05) is 254 Å². The fourth-order valence-corrected chi connectivity index (χ4v) is 7.69. The van der Waals surface area contributed by atoms with Crippen molar-refractivity contribution in [2.75, 3.05) is 13.2 Å². The standard InChI is InChI=1S/C59H102O6/c1-4-7-10-13-16-19-22-25-28-29-30-32-34-37-40-43-46-49-52-58(61)64-55-56(54-63-57(60)51-48-45-42-39-36-33-27-24-21-18-15-12-9-6-3)65-59(62)53-50-47-44-41-38-35-31-26-23-20-17-14-11-8-5-2/h8,11,14,17,20,23,26,31,33,35-36,38,56H,4-7,9-10,12-13,15-16,18-19,21-22,24-25,27-30,32,34,37,39-55H2,1-3H3/b11-8-,17-14-,23-20-,31-26-,36-33-,38-35-. The monoisotopic (exact) mass is 907 g/mol. The van der Waals surface area contributed by atoms with Crippen molar-refractivity contribution in [3.8, 4) is 0 Å². The average molecular weight is 907 g/mol. The third-order valence-electron chi connectivity index (χ3n) is 11.8. The Labute approximate surface area is 402 Å². The summed E-state index contributed by atoms with van der Waals surface area (Å²) in [5.41, 5.74) is 0. The number of hydrogen-bond donors (Lipinski definition) is 0. The first-order chi connectivity index (χ1) is 32.0. The molecule has 6 heteroatoms. The number of carbonyl (C=O) groups excluding carboxylic acids is 3. The van der Waals surface area contributed by atoms with Crippen molar-refractivity contribution in [3.63, 3.8) is 0 Å². The van der Waals surface area contributed by atoms with Crippen LogP contribution in [0.25, 0.3) is 0 Å². The van der Waals surface area contributed by atoms with Gasteiger partial charge in [-0.3, -0.25) is 14.4 Å². The Balaban J connectivity index is 4.43. The molecule has 0 N–H and O–H groups in total. The summed E-state index contributed by atoms with van der Waals surface area (Å²) in [6.07, 6.45) is 67.5. The molecule has 1 unspecified atom stereocenters. The van der Waals surface area contributed by atoms with E-state index in [-0.39, 0.29) is 37.5 Å². The van der Waals surface area contributed by atoms with Crippen LogP contribution in [0.5, 0.6) is 0 Å². The fourth-order valence-electron chi connectivity index (χ4n) is 7.69. The molecule has 0 saturated carbocycles. The van der Waals surface area contributed by atoms with E-state index in [0.717, 1.165) is 77.0 Å². The zero-order valence-corrected chi connectivity index (χ0v) is 42.7. The molecule has 0 heterocycles. The third kappa shape index (κ3) is 51.7. The van der Waals surface area contributed by atoms with Gasteiger partial charge in [-0.2, -0.15) is 0 Å². The Morgan fingerprint density at radius 3 is 1.00 bits per heavy atom. The van der Waals surface area contributed by atoms with E-state index in [1.165, 1.54) is 141 Å². The molecule has 0 amide bonds. The average Bonchev–Trinajstić information content (AvgIpc) is 3.30. The lowest BCUT2D eigenvalue weighted by Crippen LogP contribution is -2.30. The van der Waals surface area contributed by atoms with Gasteiger partial charge < -0.3 is 14.2 Å². The summed E-state index contributed by atoms with van der Waals surface area (Å²) in [5, 5.41) is 0. The Morgan fingerprint density at radius 2 is 0.615 bits per heavy atom. The van der Waals surface area contributed by atoms with Crippen LogP contribution in [0.1, 0.15) is 265 Å². The molecule has 0 radical (unpaired) electrons. The van der Waals surface area contributed by atoms with Crippen LogP contribution in [0.3, 0.4) is 0 Å². The minimum absolute atomic E-state index is 0.0955. The Hall–Kier alpha value is -3.15. The lowest BCUT2D eigenvalue weighted by atomic mass is 10.0. The lowest BCUT2D eigenvalue weighted by molar-refractivity contribution is -0.167. The smallest absolute Gasteiger partial charge is 0.306 e. The van der Waals surface area contributed by atoms with Crippen molar-refractivity contribution >= 4 is 17.9 Å². The molecule has 374 valence electrons. The summed E-state index contributed by atoms with van der Waals surface area (Å²) >= 11 is 0. The second-order valence-corrected chi connectivity index (χ2v) is 18.2. The maximum atomic E-state index is 12.8. The summed E-state index contributed by atoms with van der Waals surface area (Å²) in [4.78, 5) is 38.0. The number of hydrogen-bond acceptors (Lipinski definition) is 6. The van der Waals surface area contributed by atoms with Crippen LogP contribution in [0, 0.1) is 0 Å². The van der Waals surface area contributed by atoms with Crippen molar-refractivity contribution in [1.82, 2.24) is 0 Å². The lowest BCUT2D eigenvalue weighted by Gasteiger charge is -2.18. The van der Waals surface area contributed by atoms with Crippen molar-refractivity contribution in [3.05, 3.63) is 72.9 Å². The molecule has 0 aromatic heterocycles. The molecule has 0 fully saturated rings. The highest BCUT2D eigenvalue weighted by Gasteiger charge is 2.19. The number of allylic oxidation sites excluding steroid dienone is 12. The maximum Gasteiger partial charge on any atom is 0.306 e. The zero-order valence-electron chi connectivity index (χ0n) is 42.7. The summed E-state index contributed by atoms with van der Waals surface area (Å²) < 4.78 is 16.8. The van der Waals surface area contributed by atoms with E-state index < -0.39 is 6.10 Å². The van der Waals surface area contributed by atoms with Gasteiger partial charge in [-0.15, -0.1) is 0 Å². The van der Waals surface area contributed by atoms with Crippen molar-refractivity contribution in [2.45, 2.75) is 271 Å². The van der Waals surface area contributed by atoms with E-state index in [2.05, 4.69) is 45.1 Å². The predicted molar refractivity (Wildman–Crippen MR) is 279 cm³/mol. The van der Waals surface area contributed by atoms with Gasteiger partial charge >= 0.3 is 17.9 Å². The number of esters is 3. The quantitative estimate of drug-likeness (QED) is 0.0199. The summed E-state index contributed by atoms with van der Waals surface area (Å²) in [7, 11) is 0. The highest BCUT2D eigenvalue weighted by Crippen LogP contribution is 2.16. The minimum Gasteiger partial charge on any atom is -0.462 e. The number of rotatable bonds is 49.